The predicted molar refractivity (Wildman–Crippen MR) is 120 cm³/mol. The number of para-hydroxylation sites is 1. The number of halogens is 1. The van der Waals surface area contributed by atoms with Crippen LogP contribution in [0, 0.1) is 6.92 Å². The van der Waals surface area contributed by atoms with Gasteiger partial charge in [-0.25, -0.2) is 9.78 Å². The van der Waals surface area contributed by atoms with Crippen LogP contribution in [0.25, 0.3) is 22.2 Å². The third kappa shape index (κ3) is 4.77. The van der Waals surface area contributed by atoms with Gasteiger partial charge in [0.1, 0.15) is 6.10 Å². The summed E-state index contributed by atoms with van der Waals surface area (Å²) in [5, 5.41) is 0.839. The SMILES string of the molecule is CCN1CCCC(OC(=O)c2cc(-c3ccc(C)cc3)nc3ccccc23)C1.Cl. The van der Waals surface area contributed by atoms with Crippen LogP contribution in [0.5, 0.6) is 0 Å². The second kappa shape index (κ2) is 9.38. The molecule has 0 bridgehead atoms. The second-order valence-electron chi connectivity index (χ2n) is 7.50. The molecule has 1 atom stereocenters. The summed E-state index contributed by atoms with van der Waals surface area (Å²) in [5.74, 6) is -0.255. The molecular weight excluding hydrogens is 384 g/mol. The lowest BCUT2D eigenvalue weighted by Gasteiger charge is -2.31. The van der Waals surface area contributed by atoms with Crippen molar-refractivity contribution in [1.29, 1.82) is 0 Å². The van der Waals surface area contributed by atoms with E-state index < -0.39 is 0 Å². The Morgan fingerprint density at radius 3 is 2.69 bits per heavy atom. The Bertz CT molecular complexity index is 988. The number of aryl methyl sites for hydroxylation is 1. The number of hydrogen-bond donors (Lipinski definition) is 0. The van der Waals surface area contributed by atoms with Crippen molar-refractivity contribution in [2.45, 2.75) is 32.8 Å². The summed E-state index contributed by atoms with van der Waals surface area (Å²) in [6.07, 6.45) is 1.95. The van der Waals surface area contributed by atoms with E-state index in [0.29, 0.717) is 5.56 Å². The Morgan fingerprint density at radius 2 is 1.93 bits per heavy atom. The molecular formula is C24H27ClN2O2. The molecule has 0 aliphatic carbocycles. The summed E-state index contributed by atoms with van der Waals surface area (Å²) in [5.41, 5.74) is 4.40. The third-order valence-corrected chi connectivity index (χ3v) is 5.47. The number of piperidine rings is 1. The Labute approximate surface area is 178 Å². The third-order valence-electron chi connectivity index (χ3n) is 5.47. The van der Waals surface area contributed by atoms with Crippen molar-refractivity contribution in [3.8, 4) is 11.3 Å². The van der Waals surface area contributed by atoms with E-state index in [1.54, 1.807) is 0 Å². The minimum Gasteiger partial charge on any atom is -0.457 e. The maximum absolute atomic E-state index is 13.1. The summed E-state index contributed by atoms with van der Waals surface area (Å²) in [7, 11) is 0. The summed E-state index contributed by atoms with van der Waals surface area (Å²) in [4.78, 5) is 20.2. The van der Waals surface area contributed by atoms with E-state index in [1.165, 1.54) is 5.56 Å². The smallest absolute Gasteiger partial charge is 0.339 e. The minimum atomic E-state index is -0.255. The van der Waals surface area contributed by atoms with Crippen molar-refractivity contribution < 1.29 is 9.53 Å². The number of hydrogen-bond acceptors (Lipinski definition) is 4. The highest BCUT2D eigenvalue weighted by atomic mass is 35.5. The molecule has 1 aliphatic heterocycles. The highest BCUT2D eigenvalue weighted by Crippen LogP contribution is 2.26. The maximum atomic E-state index is 13.1. The van der Waals surface area contributed by atoms with E-state index in [1.807, 2.05) is 42.5 Å². The van der Waals surface area contributed by atoms with Gasteiger partial charge < -0.3 is 4.74 Å². The van der Waals surface area contributed by atoms with Gasteiger partial charge in [0.05, 0.1) is 16.8 Å². The fourth-order valence-corrected chi connectivity index (χ4v) is 3.83. The zero-order valence-corrected chi connectivity index (χ0v) is 17.7. The largest absolute Gasteiger partial charge is 0.457 e. The number of carbonyl (C=O) groups is 1. The van der Waals surface area contributed by atoms with E-state index >= 15 is 0 Å². The molecule has 4 rings (SSSR count). The predicted octanol–water partition coefficient (Wildman–Crippen LogP) is 5.27. The zero-order chi connectivity index (χ0) is 19.5. The molecule has 0 amide bonds. The molecule has 0 saturated carbocycles. The normalized spacial score (nSPS) is 17.0. The molecule has 152 valence electrons. The quantitative estimate of drug-likeness (QED) is 0.549. The summed E-state index contributed by atoms with van der Waals surface area (Å²) in [6.45, 7) is 7.10. The molecule has 1 fully saturated rings. The van der Waals surface area contributed by atoms with Gasteiger partial charge >= 0.3 is 5.97 Å². The molecule has 1 aliphatic rings. The fourth-order valence-electron chi connectivity index (χ4n) is 3.83. The Hall–Kier alpha value is -2.43. The topological polar surface area (TPSA) is 42.4 Å². The van der Waals surface area contributed by atoms with Crippen molar-refractivity contribution in [3.63, 3.8) is 0 Å². The number of rotatable bonds is 4. The van der Waals surface area contributed by atoms with Crippen LogP contribution in [0.3, 0.4) is 0 Å². The van der Waals surface area contributed by atoms with Gasteiger partial charge in [-0.15, -0.1) is 12.4 Å². The lowest BCUT2D eigenvalue weighted by atomic mass is 10.0. The van der Waals surface area contributed by atoms with Crippen molar-refractivity contribution >= 4 is 29.3 Å². The number of likely N-dealkylation sites (tertiary alicyclic amines) is 1. The number of nitrogens with zero attached hydrogens (tertiary/aromatic N) is 2. The molecule has 0 N–H and O–H groups in total. The second-order valence-corrected chi connectivity index (χ2v) is 7.50. The number of fused-ring (bicyclic) bond motifs is 1. The number of benzene rings is 2. The van der Waals surface area contributed by atoms with Gasteiger partial charge in [-0.2, -0.15) is 0 Å². The van der Waals surface area contributed by atoms with Gasteiger partial charge in [-0.05, 0) is 45.0 Å². The van der Waals surface area contributed by atoms with Gasteiger partial charge in [0.15, 0.2) is 0 Å². The molecule has 2 heterocycles. The van der Waals surface area contributed by atoms with E-state index in [4.69, 9.17) is 9.72 Å². The number of aromatic nitrogens is 1. The molecule has 0 radical (unpaired) electrons. The Kier molecular flexibility index (Phi) is 6.88. The van der Waals surface area contributed by atoms with Crippen LogP contribution in [0.2, 0.25) is 0 Å². The van der Waals surface area contributed by atoms with E-state index in [0.717, 1.165) is 54.6 Å². The van der Waals surface area contributed by atoms with Gasteiger partial charge in [-0.3, -0.25) is 4.90 Å². The first-order valence-electron chi connectivity index (χ1n) is 10.0. The highest BCUT2D eigenvalue weighted by molar-refractivity contribution is 6.04. The first kappa shape index (κ1) is 21.3. The molecule has 4 nitrogen and oxygen atoms in total. The molecule has 29 heavy (non-hydrogen) atoms. The molecule has 1 aromatic heterocycles. The molecule has 1 unspecified atom stereocenters. The monoisotopic (exact) mass is 410 g/mol. The van der Waals surface area contributed by atoms with Crippen molar-refractivity contribution in [2.24, 2.45) is 0 Å². The maximum Gasteiger partial charge on any atom is 0.339 e. The van der Waals surface area contributed by atoms with Crippen molar-refractivity contribution in [1.82, 2.24) is 9.88 Å². The van der Waals surface area contributed by atoms with Gasteiger partial charge in [-0.1, -0.05) is 55.0 Å². The number of ether oxygens (including phenoxy) is 1. The molecule has 3 aromatic rings. The molecule has 2 aromatic carbocycles. The van der Waals surface area contributed by atoms with E-state index in [2.05, 4.69) is 30.9 Å². The lowest BCUT2D eigenvalue weighted by Crippen LogP contribution is -2.40. The van der Waals surface area contributed by atoms with Crippen LogP contribution in [-0.2, 0) is 4.74 Å². The molecule has 0 spiro atoms. The van der Waals surface area contributed by atoms with Crippen LogP contribution < -0.4 is 0 Å². The first-order valence-corrected chi connectivity index (χ1v) is 10.0. The Morgan fingerprint density at radius 1 is 1.17 bits per heavy atom. The van der Waals surface area contributed by atoms with Crippen LogP contribution in [0.15, 0.2) is 54.6 Å². The number of esters is 1. The number of likely N-dealkylation sites (N-methyl/N-ethyl adjacent to an activating group) is 1. The first-order chi connectivity index (χ1) is 13.6. The van der Waals surface area contributed by atoms with Crippen LogP contribution in [0.1, 0.15) is 35.7 Å². The summed E-state index contributed by atoms with van der Waals surface area (Å²) >= 11 is 0. The standard InChI is InChI=1S/C24H26N2O2.ClH/c1-3-26-14-6-7-19(16-26)28-24(27)21-15-23(18-12-10-17(2)11-13-18)25-22-9-5-4-8-20(21)22;/h4-5,8-13,15,19H,3,6-7,14,16H2,1-2H3;1H. The fraction of sp³-hybridized carbons (Fsp3) is 0.333. The Balaban J connectivity index is 0.00000240. The number of pyridine rings is 1. The van der Waals surface area contributed by atoms with Crippen LogP contribution in [0.4, 0.5) is 0 Å². The molecule has 1 saturated heterocycles. The zero-order valence-electron chi connectivity index (χ0n) is 16.9. The highest BCUT2D eigenvalue weighted by Gasteiger charge is 2.24. The van der Waals surface area contributed by atoms with Gasteiger partial charge in [0, 0.05) is 17.5 Å². The lowest BCUT2D eigenvalue weighted by molar-refractivity contribution is 0.00794. The van der Waals surface area contributed by atoms with E-state index in [9.17, 15) is 4.79 Å². The van der Waals surface area contributed by atoms with Gasteiger partial charge in [0.25, 0.3) is 0 Å². The average molecular weight is 411 g/mol. The molecule has 5 heteroatoms. The summed E-state index contributed by atoms with van der Waals surface area (Å²) in [6, 6.07) is 17.9. The number of carbonyl (C=O) groups excluding carboxylic acids is 1. The minimum absolute atomic E-state index is 0. The van der Waals surface area contributed by atoms with Gasteiger partial charge in [0.2, 0.25) is 0 Å². The van der Waals surface area contributed by atoms with Crippen LogP contribution in [-0.4, -0.2) is 41.6 Å². The van der Waals surface area contributed by atoms with Crippen LogP contribution >= 0.6 is 12.4 Å². The summed E-state index contributed by atoms with van der Waals surface area (Å²) < 4.78 is 5.92. The van der Waals surface area contributed by atoms with E-state index in [-0.39, 0.29) is 24.5 Å². The van der Waals surface area contributed by atoms with Crippen molar-refractivity contribution in [3.05, 3.63) is 65.7 Å². The van der Waals surface area contributed by atoms with Crippen molar-refractivity contribution in [2.75, 3.05) is 19.6 Å². The average Bonchev–Trinajstić information content (AvgIpc) is 2.73.